The van der Waals surface area contributed by atoms with E-state index in [0.29, 0.717) is 18.1 Å². The molecule has 4 heteroatoms. The van der Waals surface area contributed by atoms with Crippen molar-refractivity contribution >= 4 is 30.7 Å². The monoisotopic (exact) mass is 463 g/mol. The van der Waals surface area contributed by atoms with Crippen LogP contribution in [-0.2, 0) is 20.9 Å². The van der Waals surface area contributed by atoms with Gasteiger partial charge in [-0.25, -0.2) is 0 Å². The first-order valence-electron chi connectivity index (χ1n) is 8.81. The molecule has 0 bridgehead atoms. The number of hydrogen-bond acceptors (Lipinski definition) is 0. The van der Waals surface area contributed by atoms with Gasteiger partial charge in [0.25, 0.3) is 0 Å². The van der Waals surface area contributed by atoms with Crippen LogP contribution in [0.4, 0.5) is 0 Å². The van der Waals surface area contributed by atoms with E-state index in [9.17, 15) is 0 Å². The predicted molar refractivity (Wildman–Crippen MR) is 114 cm³/mol. The second-order valence-corrected chi connectivity index (χ2v) is 30.0. The molecule has 24 heavy (non-hydrogen) atoms. The molecular weight excluding hydrogens is 430 g/mol. The number of halogens is 2. The molecule has 0 saturated heterocycles. The first-order chi connectivity index (χ1) is 10.1. The second kappa shape index (κ2) is 9.03. The maximum Gasteiger partial charge on any atom is -0.147 e. The van der Waals surface area contributed by atoms with Gasteiger partial charge >= 0.3 is 147 Å². The SMILES string of the molecule is CC(C)C1=C[C](C)([Zr]([SiH](C)C)[C]2(C)C=CC(C(C)C)=C2)C=C1.Cl.Cl. The fourth-order valence-electron chi connectivity index (χ4n) is 4.30. The number of rotatable bonds is 5. The van der Waals surface area contributed by atoms with Crippen molar-refractivity contribution in [3.05, 3.63) is 47.6 Å². The second-order valence-electron chi connectivity index (χ2n) is 8.40. The molecule has 0 amide bonds. The van der Waals surface area contributed by atoms with E-state index in [0.717, 1.165) is 0 Å². The minimum Gasteiger partial charge on any atom is -0.147 e. The van der Waals surface area contributed by atoms with Gasteiger partial charge in [-0.1, -0.05) is 0 Å². The minimum absolute atomic E-state index is 0. The van der Waals surface area contributed by atoms with E-state index < -0.39 is 26.8 Å². The van der Waals surface area contributed by atoms with Gasteiger partial charge in [0, 0.05) is 0 Å². The normalized spacial score (nSPS) is 28.1. The third-order valence-electron chi connectivity index (χ3n) is 5.25. The molecule has 0 aromatic heterocycles. The average molecular weight is 466 g/mol. The van der Waals surface area contributed by atoms with Crippen molar-refractivity contribution in [1.82, 2.24) is 0 Å². The molecule has 2 atom stereocenters. The zero-order valence-corrected chi connectivity index (χ0v) is 21.8. The van der Waals surface area contributed by atoms with Gasteiger partial charge in [-0.3, -0.25) is 0 Å². The van der Waals surface area contributed by atoms with E-state index in [2.05, 4.69) is 91.1 Å². The average Bonchev–Trinajstić information content (AvgIpc) is 2.94. The first kappa shape index (κ1) is 24.6. The van der Waals surface area contributed by atoms with Crippen LogP contribution in [0.1, 0.15) is 41.5 Å². The van der Waals surface area contributed by atoms with Crippen molar-refractivity contribution in [2.24, 2.45) is 11.8 Å². The quantitative estimate of drug-likeness (QED) is 0.380. The fourth-order valence-corrected chi connectivity index (χ4v) is 33.0. The molecule has 137 valence electrons. The number of hydrogen-bond donors (Lipinski definition) is 0. The Kier molecular flexibility index (Phi) is 9.27. The summed E-state index contributed by atoms with van der Waals surface area (Å²) in [5.41, 5.74) is 3.13. The fraction of sp³-hybridized carbons (Fsp3) is 0.600. The third kappa shape index (κ3) is 4.87. The smallest absolute Gasteiger partial charge is 0.147 e. The molecule has 0 spiro atoms. The topological polar surface area (TPSA) is 0 Å². The Morgan fingerprint density at radius 3 is 1.33 bits per heavy atom. The van der Waals surface area contributed by atoms with Crippen molar-refractivity contribution in [3.63, 3.8) is 0 Å². The van der Waals surface area contributed by atoms with Gasteiger partial charge in [-0.2, -0.15) is 0 Å². The van der Waals surface area contributed by atoms with Gasteiger partial charge in [-0.05, 0) is 0 Å². The summed E-state index contributed by atoms with van der Waals surface area (Å²) < 4.78 is 0.814. The zero-order chi connectivity index (χ0) is 16.7. The maximum absolute atomic E-state index is 2.65. The summed E-state index contributed by atoms with van der Waals surface area (Å²) in [6, 6.07) is 0. The van der Waals surface area contributed by atoms with Gasteiger partial charge in [-0.15, -0.1) is 24.8 Å². The van der Waals surface area contributed by atoms with E-state index in [4.69, 9.17) is 0 Å². The molecule has 0 N–H and O–H groups in total. The van der Waals surface area contributed by atoms with Gasteiger partial charge in [0.15, 0.2) is 0 Å². The molecule has 0 radical (unpaired) electrons. The van der Waals surface area contributed by atoms with Crippen LogP contribution in [0.3, 0.4) is 0 Å². The molecule has 0 heterocycles. The van der Waals surface area contributed by atoms with Crippen molar-refractivity contribution in [3.8, 4) is 0 Å². The summed E-state index contributed by atoms with van der Waals surface area (Å²) in [4.78, 5) is 0. The molecular formula is C20H35Cl2SiZr. The predicted octanol–water partition coefficient (Wildman–Crippen LogP) is 7.09. The van der Waals surface area contributed by atoms with Crippen LogP contribution in [0.25, 0.3) is 0 Å². The van der Waals surface area contributed by atoms with E-state index in [1.54, 1.807) is 11.1 Å². The van der Waals surface area contributed by atoms with Crippen molar-refractivity contribution in [2.75, 3.05) is 0 Å². The van der Waals surface area contributed by atoms with Crippen LogP contribution in [0.2, 0.25) is 19.3 Å². The van der Waals surface area contributed by atoms with Gasteiger partial charge in [0.05, 0.1) is 0 Å². The van der Waals surface area contributed by atoms with Crippen molar-refractivity contribution < 1.29 is 20.9 Å². The molecule has 0 aromatic carbocycles. The van der Waals surface area contributed by atoms with Crippen molar-refractivity contribution in [1.29, 1.82) is 0 Å². The standard InChI is InChI=1S/2C9H13.C2H7Si.2ClH.Zr/c2*1-7(2)9-5-4-8(3)6-9;1-3-2;;;/h2*4-7H,1-3H3;3H,1-2H3;2*1H;. The summed E-state index contributed by atoms with van der Waals surface area (Å²) in [5, 5.41) is 0. The third-order valence-corrected chi connectivity index (χ3v) is 29.5. The van der Waals surface area contributed by atoms with Crippen LogP contribution in [0.5, 0.6) is 0 Å². The molecule has 2 aliphatic rings. The van der Waals surface area contributed by atoms with Gasteiger partial charge < -0.3 is 0 Å². The Balaban J connectivity index is 0.00000264. The first-order valence-corrected chi connectivity index (χ1v) is 18.4. The Morgan fingerprint density at radius 2 is 1.12 bits per heavy atom. The molecule has 0 fully saturated rings. The minimum atomic E-state index is -1.70. The molecule has 2 rings (SSSR count). The summed E-state index contributed by atoms with van der Waals surface area (Å²) in [5.74, 6) is 0.677. The van der Waals surface area contributed by atoms with Gasteiger partial charge in [0.2, 0.25) is 0 Å². The van der Waals surface area contributed by atoms with E-state index in [1.165, 1.54) is 0 Å². The van der Waals surface area contributed by atoms with E-state index >= 15 is 0 Å². The van der Waals surface area contributed by atoms with Crippen molar-refractivity contribution in [2.45, 2.75) is 60.9 Å². The number of allylic oxidation sites excluding steroid dienone is 8. The molecule has 0 aromatic rings. The Morgan fingerprint density at radius 1 is 0.792 bits per heavy atom. The van der Waals surface area contributed by atoms with Crippen LogP contribution >= 0.6 is 24.8 Å². The van der Waals surface area contributed by atoms with Crippen LogP contribution in [0.15, 0.2) is 47.6 Å². The Bertz CT molecular complexity index is 514. The Labute approximate surface area is 171 Å². The van der Waals surface area contributed by atoms with E-state index in [1.807, 2.05) is 0 Å². The molecule has 2 aliphatic carbocycles. The van der Waals surface area contributed by atoms with Crippen LogP contribution in [0, 0.1) is 11.8 Å². The van der Waals surface area contributed by atoms with Crippen LogP contribution < -0.4 is 0 Å². The van der Waals surface area contributed by atoms with Gasteiger partial charge in [0.1, 0.15) is 0 Å². The summed E-state index contributed by atoms with van der Waals surface area (Å²) in [6.07, 6.45) is 15.3. The zero-order valence-electron chi connectivity index (χ0n) is 16.5. The molecule has 0 saturated carbocycles. The summed E-state index contributed by atoms with van der Waals surface area (Å²) >= 11 is -1.70. The maximum atomic E-state index is 2.65. The summed E-state index contributed by atoms with van der Waals surface area (Å²) in [7, 11) is 0. The molecule has 2 unspecified atom stereocenters. The largest absolute Gasteiger partial charge is 0.147 e. The van der Waals surface area contributed by atoms with E-state index in [-0.39, 0.29) is 24.8 Å². The molecule has 0 nitrogen and oxygen atoms in total. The molecule has 0 aliphatic heterocycles. The van der Waals surface area contributed by atoms with Crippen LogP contribution in [-0.4, -0.2) is 5.92 Å². The Hall–Kier alpha value is 0.640. The summed E-state index contributed by atoms with van der Waals surface area (Å²) in [6.45, 7) is 19.6.